The Morgan fingerprint density at radius 1 is 1.38 bits per heavy atom. The van der Waals surface area contributed by atoms with Crippen molar-refractivity contribution in [2.24, 2.45) is 0 Å². The van der Waals surface area contributed by atoms with Crippen LogP contribution in [0.1, 0.15) is 33.3 Å². The average molecular weight is 290 g/mol. The second-order valence-electron chi connectivity index (χ2n) is 4.16. The molecule has 0 atom stereocenters. The number of nitrogens with one attached hydrogen (secondary N) is 1. The molecule has 0 saturated heterocycles. The van der Waals surface area contributed by atoms with Gasteiger partial charge in [0.2, 0.25) is 5.88 Å². The Hall–Kier alpha value is -2.83. The molecule has 1 aromatic heterocycles. The van der Waals surface area contributed by atoms with Crippen molar-refractivity contribution in [2.75, 3.05) is 11.9 Å². The van der Waals surface area contributed by atoms with E-state index in [-0.39, 0.29) is 29.4 Å². The molecule has 1 amide bonds. The predicted molar refractivity (Wildman–Crippen MR) is 73.3 cm³/mol. The molecule has 0 saturated carbocycles. The zero-order valence-electron chi connectivity index (χ0n) is 11.5. The van der Waals surface area contributed by atoms with Gasteiger partial charge in [0.1, 0.15) is 11.3 Å². The summed E-state index contributed by atoms with van der Waals surface area (Å²) in [5.74, 6) is -1.54. The third kappa shape index (κ3) is 3.02. The summed E-state index contributed by atoms with van der Waals surface area (Å²) in [4.78, 5) is 23.9. The van der Waals surface area contributed by atoms with E-state index in [2.05, 4.69) is 10.5 Å². The monoisotopic (exact) mass is 290 g/mol. The molecule has 0 aliphatic rings. The van der Waals surface area contributed by atoms with Crippen molar-refractivity contribution in [3.8, 4) is 5.75 Å². The molecule has 2 N–H and O–H groups in total. The van der Waals surface area contributed by atoms with Gasteiger partial charge in [0, 0.05) is 0 Å². The molecule has 110 valence electrons. The molecule has 0 unspecified atom stereocenters. The maximum Gasteiger partial charge on any atom is 0.345 e. The number of para-hydroxylation sites is 1. The Morgan fingerprint density at radius 2 is 2.10 bits per heavy atom. The van der Waals surface area contributed by atoms with Crippen LogP contribution in [0.2, 0.25) is 0 Å². The van der Waals surface area contributed by atoms with Crippen molar-refractivity contribution in [1.29, 1.82) is 0 Å². The zero-order valence-corrected chi connectivity index (χ0v) is 11.5. The number of hydrogen-bond donors (Lipinski definition) is 2. The number of nitrogens with zero attached hydrogens (tertiary/aromatic N) is 1. The molecule has 1 heterocycles. The summed E-state index contributed by atoms with van der Waals surface area (Å²) in [5, 5.41) is 15.7. The predicted octanol–water partition coefficient (Wildman–Crippen LogP) is 2.12. The van der Waals surface area contributed by atoms with E-state index in [9.17, 15) is 14.7 Å². The standard InChI is InChI=1S/C14H14N2O5/c1-3-20-14(19)11-8(2)16-21-13(11)15-12(18)9-6-4-5-7-10(9)17/h4-7,17H,3H2,1-2H3,(H,15,18). The van der Waals surface area contributed by atoms with Crippen molar-refractivity contribution in [3.05, 3.63) is 41.1 Å². The summed E-state index contributed by atoms with van der Waals surface area (Å²) in [6, 6.07) is 6.02. The van der Waals surface area contributed by atoms with Crippen LogP contribution in [0.3, 0.4) is 0 Å². The van der Waals surface area contributed by atoms with E-state index in [1.807, 2.05) is 0 Å². The average Bonchev–Trinajstić information content (AvgIpc) is 2.80. The van der Waals surface area contributed by atoms with Gasteiger partial charge in [0.25, 0.3) is 5.91 Å². The normalized spacial score (nSPS) is 10.2. The van der Waals surface area contributed by atoms with Crippen molar-refractivity contribution in [1.82, 2.24) is 5.16 Å². The molecule has 7 heteroatoms. The van der Waals surface area contributed by atoms with Gasteiger partial charge in [-0.2, -0.15) is 0 Å². The number of benzene rings is 1. The van der Waals surface area contributed by atoms with E-state index in [0.717, 1.165) is 0 Å². The van der Waals surface area contributed by atoms with Gasteiger partial charge in [-0.1, -0.05) is 17.3 Å². The highest BCUT2D eigenvalue weighted by molar-refractivity contribution is 6.08. The van der Waals surface area contributed by atoms with Gasteiger partial charge in [0.15, 0.2) is 0 Å². The first-order valence-corrected chi connectivity index (χ1v) is 6.27. The van der Waals surface area contributed by atoms with Crippen LogP contribution in [-0.2, 0) is 4.74 Å². The minimum atomic E-state index is -0.635. The molecule has 0 fully saturated rings. The summed E-state index contributed by atoms with van der Waals surface area (Å²) >= 11 is 0. The minimum absolute atomic E-state index is 0.0561. The molecule has 1 aromatic carbocycles. The number of phenols is 1. The Kier molecular flexibility index (Phi) is 4.22. The second kappa shape index (κ2) is 6.08. The fraction of sp³-hybridized carbons (Fsp3) is 0.214. The molecule has 7 nitrogen and oxygen atoms in total. The fourth-order valence-electron chi connectivity index (χ4n) is 1.73. The third-order valence-electron chi connectivity index (χ3n) is 2.72. The van der Waals surface area contributed by atoms with Crippen LogP contribution >= 0.6 is 0 Å². The number of aryl methyl sites for hydroxylation is 1. The van der Waals surface area contributed by atoms with Crippen LogP contribution in [0.5, 0.6) is 5.75 Å². The van der Waals surface area contributed by atoms with E-state index in [0.29, 0.717) is 5.69 Å². The van der Waals surface area contributed by atoms with Gasteiger partial charge < -0.3 is 14.4 Å². The van der Waals surface area contributed by atoms with E-state index in [1.165, 1.54) is 12.1 Å². The Bertz CT molecular complexity index is 678. The van der Waals surface area contributed by atoms with E-state index in [1.54, 1.807) is 26.0 Å². The number of carbonyl (C=O) groups is 2. The van der Waals surface area contributed by atoms with E-state index in [4.69, 9.17) is 9.26 Å². The number of rotatable bonds is 4. The lowest BCUT2D eigenvalue weighted by atomic mass is 10.2. The maximum atomic E-state index is 12.1. The fourth-order valence-corrected chi connectivity index (χ4v) is 1.73. The molecule has 21 heavy (non-hydrogen) atoms. The molecular formula is C14H14N2O5. The molecule has 0 aliphatic heterocycles. The number of carbonyl (C=O) groups excluding carboxylic acids is 2. The van der Waals surface area contributed by atoms with Gasteiger partial charge in [-0.3, -0.25) is 10.1 Å². The van der Waals surface area contributed by atoms with Crippen LogP contribution in [0.25, 0.3) is 0 Å². The largest absolute Gasteiger partial charge is 0.507 e. The Morgan fingerprint density at radius 3 is 2.76 bits per heavy atom. The highest BCUT2D eigenvalue weighted by atomic mass is 16.5. The summed E-state index contributed by atoms with van der Waals surface area (Å²) in [5.41, 5.74) is 0.419. The lowest BCUT2D eigenvalue weighted by molar-refractivity contribution is 0.0526. The number of phenolic OH excluding ortho intramolecular Hbond substituents is 1. The maximum absolute atomic E-state index is 12.1. The molecular weight excluding hydrogens is 276 g/mol. The second-order valence-corrected chi connectivity index (χ2v) is 4.16. The number of ether oxygens (including phenoxy) is 1. The SMILES string of the molecule is CCOC(=O)c1c(C)noc1NC(=O)c1ccccc1O. The Labute approximate surface area is 120 Å². The first-order valence-electron chi connectivity index (χ1n) is 6.27. The van der Waals surface area contributed by atoms with Crippen LogP contribution in [-0.4, -0.2) is 28.7 Å². The molecule has 2 rings (SSSR count). The van der Waals surface area contributed by atoms with Crippen molar-refractivity contribution in [2.45, 2.75) is 13.8 Å². The highest BCUT2D eigenvalue weighted by Gasteiger charge is 2.24. The van der Waals surface area contributed by atoms with Gasteiger partial charge in [-0.05, 0) is 26.0 Å². The quantitative estimate of drug-likeness (QED) is 0.836. The highest BCUT2D eigenvalue weighted by Crippen LogP contribution is 2.23. The summed E-state index contributed by atoms with van der Waals surface area (Å²) in [6.07, 6.45) is 0. The number of anilines is 1. The smallest absolute Gasteiger partial charge is 0.345 e. The van der Waals surface area contributed by atoms with Crippen molar-refractivity contribution >= 4 is 17.8 Å². The third-order valence-corrected chi connectivity index (χ3v) is 2.72. The van der Waals surface area contributed by atoms with E-state index >= 15 is 0 Å². The van der Waals surface area contributed by atoms with Crippen LogP contribution in [0.4, 0.5) is 5.88 Å². The number of esters is 1. The van der Waals surface area contributed by atoms with Crippen LogP contribution in [0, 0.1) is 6.92 Å². The lowest BCUT2D eigenvalue weighted by Gasteiger charge is -2.05. The summed E-state index contributed by atoms with van der Waals surface area (Å²) in [7, 11) is 0. The first kappa shape index (κ1) is 14.6. The number of aromatic hydroxyl groups is 1. The number of hydrogen-bond acceptors (Lipinski definition) is 6. The van der Waals surface area contributed by atoms with Crippen molar-refractivity contribution < 1.29 is 24.0 Å². The molecule has 2 aromatic rings. The topological polar surface area (TPSA) is 102 Å². The molecule has 0 radical (unpaired) electrons. The van der Waals surface area contributed by atoms with Gasteiger partial charge in [-0.25, -0.2) is 4.79 Å². The number of amides is 1. The summed E-state index contributed by atoms with van der Waals surface area (Å²) in [6.45, 7) is 3.42. The van der Waals surface area contributed by atoms with Gasteiger partial charge >= 0.3 is 5.97 Å². The molecule has 0 bridgehead atoms. The Balaban J connectivity index is 2.27. The van der Waals surface area contributed by atoms with Crippen molar-refractivity contribution in [3.63, 3.8) is 0 Å². The number of aromatic nitrogens is 1. The van der Waals surface area contributed by atoms with Gasteiger partial charge in [-0.15, -0.1) is 0 Å². The first-order chi connectivity index (χ1) is 10.0. The molecule has 0 spiro atoms. The van der Waals surface area contributed by atoms with Crippen LogP contribution < -0.4 is 5.32 Å². The van der Waals surface area contributed by atoms with E-state index < -0.39 is 11.9 Å². The van der Waals surface area contributed by atoms with Gasteiger partial charge in [0.05, 0.1) is 17.9 Å². The lowest BCUT2D eigenvalue weighted by Crippen LogP contribution is -2.15. The molecule has 0 aliphatic carbocycles. The van der Waals surface area contributed by atoms with Crippen LogP contribution in [0.15, 0.2) is 28.8 Å². The summed E-state index contributed by atoms with van der Waals surface area (Å²) < 4.78 is 9.81. The zero-order chi connectivity index (χ0) is 15.4. The minimum Gasteiger partial charge on any atom is -0.507 e.